The number of aromatic hydroxyl groups is 1. The largest absolute Gasteiger partial charge is 0.508 e. The molecule has 0 fully saturated rings. The first-order valence-electron chi connectivity index (χ1n) is 4.98. The maximum absolute atomic E-state index is 11.3. The maximum atomic E-state index is 11.3. The van der Waals surface area contributed by atoms with Gasteiger partial charge in [-0.25, -0.2) is 0 Å². The van der Waals surface area contributed by atoms with Gasteiger partial charge in [0.1, 0.15) is 11.5 Å². The second-order valence-corrected chi connectivity index (χ2v) is 3.76. The van der Waals surface area contributed by atoms with Gasteiger partial charge in [0, 0.05) is 11.8 Å². The Hall–Kier alpha value is -1.57. The first kappa shape index (κ1) is 11.5. The summed E-state index contributed by atoms with van der Waals surface area (Å²) < 4.78 is 0. The highest BCUT2D eigenvalue weighted by Crippen LogP contribution is 2.28. The van der Waals surface area contributed by atoms with E-state index >= 15 is 0 Å². The van der Waals surface area contributed by atoms with Crippen LogP contribution in [0.3, 0.4) is 0 Å². The number of rotatable bonds is 4. The SMILES string of the molecule is C=CC(c1cccc(O)c1)C(C)C(C)=O. The van der Waals surface area contributed by atoms with E-state index in [9.17, 15) is 9.90 Å². The number of phenolic OH excluding ortho intramolecular Hbond substituents is 1. The van der Waals surface area contributed by atoms with Crippen molar-refractivity contribution in [2.24, 2.45) is 5.92 Å². The van der Waals surface area contributed by atoms with Crippen molar-refractivity contribution >= 4 is 5.78 Å². The Labute approximate surface area is 90.3 Å². The summed E-state index contributed by atoms with van der Waals surface area (Å²) in [6.07, 6.45) is 1.75. The second-order valence-electron chi connectivity index (χ2n) is 3.76. The van der Waals surface area contributed by atoms with E-state index in [0.717, 1.165) is 5.56 Å². The van der Waals surface area contributed by atoms with Gasteiger partial charge in [0.15, 0.2) is 0 Å². The van der Waals surface area contributed by atoms with Crippen LogP contribution in [0, 0.1) is 5.92 Å². The van der Waals surface area contributed by atoms with Gasteiger partial charge in [-0.1, -0.05) is 25.1 Å². The average molecular weight is 204 g/mol. The Morgan fingerprint density at radius 2 is 2.20 bits per heavy atom. The van der Waals surface area contributed by atoms with Crippen molar-refractivity contribution in [3.8, 4) is 5.75 Å². The van der Waals surface area contributed by atoms with Crippen molar-refractivity contribution in [3.63, 3.8) is 0 Å². The predicted molar refractivity (Wildman–Crippen MR) is 60.9 cm³/mol. The van der Waals surface area contributed by atoms with Gasteiger partial charge in [-0.3, -0.25) is 4.79 Å². The number of hydrogen-bond donors (Lipinski definition) is 1. The number of hydrogen-bond acceptors (Lipinski definition) is 2. The first-order chi connectivity index (χ1) is 7.06. The second kappa shape index (κ2) is 4.78. The monoisotopic (exact) mass is 204 g/mol. The number of carbonyl (C=O) groups excluding carboxylic acids is 1. The van der Waals surface area contributed by atoms with Crippen molar-refractivity contribution in [2.45, 2.75) is 19.8 Å². The molecular formula is C13H16O2. The van der Waals surface area contributed by atoms with E-state index in [1.54, 1.807) is 31.2 Å². The quantitative estimate of drug-likeness (QED) is 0.766. The highest BCUT2D eigenvalue weighted by molar-refractivity contribution is 5.79. The standard InChI is InChI=1S/C13H16O2/c1-4-13(9(2)10(3)14)11-6-5-7-12(15)8-11/h4-9,13,15H,1H2,2-3H3. The molecule has 0 heterocycles. The van der Waals surface area contributed by atoms with Crippen LogP contribution in [0.2, 0.25) is 0 Å². The number of Topliss-reactive ketones (excluding diaryl/α,β-unsaturated/α-hetero) is 1. The van der Waals surface area contributed by atoms with Crippen LogP contribution in [0.15, 0.2) is 36.9 Å². The highest BCUT2D eigenvalue weighted by Gasteiger charge is 2.19. The molecule has 0 spiro atoms. The third kappa shape index (κ3) is 2.69. The molecule has 1 aromatic rings. The van der Waals surface area contributed by atoms with Gasteiger partial charge < -0.3 is 5.11 Å². The fraction of sp³-hybridized carbons (Fsp3) is 0.308. The summed E-state index contributed by atoms with van der Waals surface area (Å²) in [5.74, 6) is 0.206. The highest BCUT2D eigenvalue weighted by atomic mass is 16.3. The van der Waals surface area contributed by atoms with Crippen molar-refractivity contribution in [1.82, 2.24) is 0 Å². The molecule has 2 nitrogen and oxygen atoms in total. The van der Waals surface area contributed by atoms with E-state index in [2.05, 4.69) is 6.58 Å². The molecular weight excluding hydrogens is 188 g/mol. The van der Waals surface area contributed by atoms with Crippen LogP contribution in [0.5, 0.6) is 5.75 Å². The minimum atomic E-state index is -0.107. The zero-order valence-corrected chi connectivity index (χ0v) is 9.10. The minimum Gasteiger partial charge on any atom is -0.508 e. The van der Waals surface area contributed by atoms with E-state index < -0.39 is 0 Å². The molecule has 0 amide bonds. The lowest BCUT2D eigenvalue weighted by atomic mass is 9.85. The lowest BCUT2D eigenvalue weighted by molar-refractivity contribution is -0.120. The summed E-state index contributed by atoms with van der Waals surface area (Å²) in [7, 11) is 0. The van der Waals surface area contributed by atoms with Crippen LogP contribution in [0.4, 0.5) is 0 Å². The fourth-order valence-corrected chi connectivity index (χ4v) is 1.61. The first-order valence-corrected chi connectivity index (χ1v) is 4.98. The molecule has 15 heavy (non-hydrogen) atoms. The Morgan fingerprint density at radius 1 is 1.53 bits per heavy atom. The third-order valence-corrected chi connectivity index (χ3v) is 2.69. The van der Waals surface area contributed by atoms with E-state index in [0.29, 0.717) is 0 Å². The molecule has 0 aliphatic carbocycles. The molecule has 0 saturated carbocycles. The maximum Gasteiger partial charge on any atom is 0.133 e. The number of benzene rings is 1. The number of allylic oxidation sites excluding steroid dienone is 1. The van der Waals surface area contributed by atoms with E-state index in [1.807, 2.05) is 13.0 Å². The van der Waals surface area contributed by atoms with Crippen LogP contribution in [0.25, 0.3) is 0 Å². The molecule has 0 aliphatic heterocycles. The average Bonchev–Trinajstić information content (AvgIpc) is 2.18. The Bertz CT molecular complexity index is 369. The van der Waals surface area contributed by atoms with Gasteiger partial charge in [0.2, 0.25) is 0 Å². The van der Waals surface area contributed by atoms with Gasteiger partial charge in [-0.05, 0) is 24.6 Å². The van der Waals surface area contributed by atoms with Crippen molar-refractivity contribution in [1.29, 1.82) is 0 Å². The summed E-state index contributed by atoms with van der Waals surface area (Å²) in [4.78, 5) is 11.3. The normalized spacial score (nSPS) is 14.3. The lowest BCUT2D eigenvalue weighted by Gasteiger charge is -2.18. The Kier molecular flexibility index (Phi) is 3.67. The molecule has 1 rings (SSSR count). The summed E-state index contributed by atoms with van der Waals surface area (Å²) in [6.45, 7) is 7.18. The van der Waals surface area contributed by atoms with Crippen LogP contribution in [0.1, 0.15) is 25.3 Å². The zero-order valence-electron chi connectivity index (χ0n) is 9.10. The number of carbonyl (C=O) groups is 1. The third-order valence-electron chi connectivity index (χ3n) is 2.69. The van der Waals surface area contributed by atoms with Gasteiger partial charge in [0.25, 0.3) is 0 Å². The van der Waals surface area contributed by atoms with Gasteiger partial charge in [0.05, 0.1) is 0 Å². The molecule has 0 aliphatic rings. The molecule has 0 saturated heterocycles. The smallest absolute Gasteiger partial charge is 0.133 e. The number of ketones is 1. The van der Waals surface area contributed by atoms with Gasteiger partial charge in [-0.2, -0.15) is 0 Å². The summed E-state index contributed by atoms with van der Waals surface area (Å²) in [5.41, 5.74) is 0.924. The summed E-state index contributed by atoms with van der Waals surface area (Å²) in [6, 6.07) is 6.95. The van der Waals surface area contributed by atoms with Crippen molar-refractivity contribution < 1.29 is 9.90 Å². The lowest BCUT2D eigenvalue weighted by Crippen LogP contribution is -2.15. The molecule has 1 N–H and O–H groups in total. The van der Waals surface area contributed by atoms with Gasteiger partial charge >= 0.3 is 0 Å². The van der Waals surface area contributed by atoms with E-state index in [4.69, 9.17) is 0 Å². The topological polar surface area (TPSA) is 37.3 Å². The van der Waals surface area contributed by atoms with Crippen molar-refractivity contribution in [2.75, 3.05) is 0 Å². The van der Waals surface area contributed by atoms with E-state index in [1.165, 1.54) is 0 Å². The fourth-order valence-electron chi connectivity index (χ4n) is 1.61. The summed E-state index contributed by atoms with van der Waals surface area (Å²) >= 11 is 0. The molecule has 80 valence electrons. The molecule has 0 bridgehead atoms. The van der Waals surface area contributed by atoms with Gasteiger partial charge in [-0.15, -0.1) is 6.58 Å². The Morgan fingerprint density at radius 3 is 2.67 bits per heavy atom. The van der Waals surface area contributed by atoms with E-state index in [-0.39, 0.29) is 23.4 Å². The predicted octanol–water partition coefficient (Wildman–Crippen LogP) is 2.89. The molecule has 2 atom stereocenters. The minimum absolute atomic E-state index is 0.0328. The van der Waals surface area contributed by atoms with Crippen molar-refractivity contribution in [3.05, 3.63) is 42.5 Å². The molecule has 2 heteroatoms. The molecule has 1 aromatic carbocycles. The van der Waals surface area contributed by atoms with Crippen LogP contribution >= 0.6 is 0 Å². The number of phenols is 1. The molecule has 0 aromatic heterocycles. The van der Waals surface area contributed by atoms with Crippen LogP contribution in [-0.4, -0.2) is 10.9 Å². The van der Waals surface area contributed by atoms with Crippen LogP contribution < -0.4 is 0 Å². The van der Waals surface area contributed by atoms with Crippen LogP contribution in [-0.2, 0) is 4.79 Å². The summed E-state index contributed by atoms with van der Waals surface area (Å²) in [5, 5.41) is 9.36. The molecule has 2 unspecified atom stereocenters. The zero-order chi connectivity index (χ0) is 11.4. The Balaban J connectivity index is 3.02. The molecule has 0 radical (unpaired) electrons.